The van der Waals surface area contributed by atoms with Crippen LogP contribution in [0, 0.1) is 0 Å². The van der Waals surface area contributed by atoms with Gasteiger partial charge in [0.1, 0.15) is 35.2 Å². The Morgan fingerprint density at radius 3 is 2.78 bits per heavy atom. The Bertz CT molecular complexity index is 737. The summed E-state index contributed by atoms with van der Waals surface area (Å²) < 4.78 is 19.7. The summed E-state index contributed by atoms with van der Waals surface area (Å²) in [5.41, 5.74) is 1.41. The highest BCUT2D eigenvalue weighted by Gasteiger charge is 2.55. The number of nitrogens with zero attached hydrogens (tertiary/aromatic N) is 4. The minimum Gasteiger partial charge on any atom is -0.394 e. The Balaban J connectivity index is 1.76. The van der Waals surface area contributed by atoms with E-state index < -0.39 is 18.1 Å². The fourth-order valence-electron chi connectivity index (χ4n) is 3.20. The van der Waals surface area contributed by atoms with Gasteiger partial charge in [0, 0.05) is 0 Å². The Labute approximate surface area is 137 Å². The van der Waals surface area contributed by atoms with E-state index in [1.807, 2.05) is 24.7 Å². The topological polar surface area (TPSA) is 91.5 Å². The van der Waals surface area contributed by atoms with Crippen LogP contribution < -0.4 is 0 Å². The minimum absolute atomic E-state index is 0.130. The second-order valence-electron chi connectivity index (χ2n) is 6.02. The lowest BCUT2D eigenvalue weighted by atomic mass is 10.1. The van der Waals surface area contributed by atoms with E-state index in [1.165, 1.54) is 18.1 Å². The minimum atomic E-state index is -0.708. The van der Waals surface area contributed by atoms with Gasteiger partial charge in [-0.2, -0.15) is 0 Å². The predicted octanol–water partition coefficient (Wildman–Crippen LogP) is 0.958. The number of aromatic nitrogens is 4. The Morgan fingerprint density at radius 2 is 2.04 bits per heavy atom. The molecule has 9 heteroatoms. The van der Waals surface area contributed by atoms with Crippen molar-refractivity contribution in [2.75, 3.05) is 12.9 Å². The maximum absolute atomic E-state index is 9.58. The van der Waals surface area contributed by atoms with Gasteiger partial charge in [-0.1, -0.05) is 0 Å². The third-order valence-corrected chi connectivity index (χ3v) is 4.78. The number of ether oxygens (including phenoxy) is 3. The molecule has 2 aromatic rings. The summed E-state index contributed by atoms with van der Waals surface area (Å²) in [6, 6.07) is 0. The van der Waals surface area contributed by atoms with Gasteiger partial charge in [-0.3, -0.25) is 4.57 Å². The van der Waals surface area contributed by atoms with Crippen LogP contribution >= 0.6 is 11.8 Å². The van der Waals surface area contributed by atoms with E-state index in [2.05, 4.69) is 15.0 Å². The van der Waals surface area contributed by atoms with Crippen molar-refractivity contribution < 1.29 is 19.3 Å². The van der Waals surface area contributed by atoms with Crippen LogP contribution in [0.1, 0.15) is 20.1 Å². The van der Waals surface area contributed by atoms with Crippen LogP contribution in [0.25, 0.3) is 11.2 Å². The Morgan fingerprint density at radius 1 is 1.26 bits per heavy atom. The van der Waals surface area contributed by atoms with Gasteiger partial charge < -0.3 is 19.3 Å². The van der Waals surface area contributed by atoms with Gasteiger partial charge >= 0.3 is 0 Å². The van der Waals surface area contributed by atoms with Crippen molar-refractivity contribution in [2.45, 2.75) is 49.2 Å². The molecule has 2 aliphatic rings. The highest BCUT2D eigenvalue weighted by molar-refractivity contribution is 7.98. The van der Waals surface area contributed by atoms with Crippen molar-refractivity contribution in [1.29, 1.82) is 0 Å². The van der Waals surface area contributed by atoms with E-state index in [0.717, 1.165) is 10.5 Å². The molecule has 1 N–H and O–H groups in total. The lowest BCUT2D eigenvalue weighted by Crippen LogP contribution is -2.31. The molecular formula is C14H18N4O4S. The van der Waals surface area contributed by atoms with Crippen molar-refractivity contribution in [3.8, 4) is 0 Å². The van der Waals surface area contributed by atoms with E-state index in [9.17, 15) is 5.11 Å². The zero-order valence-corrected chi connectivity index (χ0v) is 13.9. The zero-order chi connectivity index (χ0) is 16.2. The first-order chi connectivity index (χ1) is 11.0. The molecule has 1 unspecified atom stereocenters. The summed E-state index contributed by atoms with van der Waals surface area (Å²) >= 11 is 1.51. The molecule has 0 aromatic carbocycles. The first-order valence-electron chi connectivity index (χ1n) is 7.37. The average Bonchev–Trinajstić information content (AvgIpc) is 3.17. The SMILES string of the molecule is CSc1ncnc2c1ncn2[C@@H]1O[C@H](CO)C2OC(C)(C)O[C@@H]21. The smallest absolute Gasteiger partial charge is 0.166 e. The Hall–Kier alpha value is -1.26. The quantitative estimate of drug-likeness (QED) is 0.653. The van der Waals surface area contributed by atoms with Crippen molar-refractivity contribution in [3.05, 3.63) is 12.7 Å². The van der Waals surface area contributed by atoms with Gasteiger partial charge in [-0.15, -0.1) is 11.8 Å². The third kappa shape index (κ3) is 2.34. The molecule has 4 rings (SSSR count). The first-order valence-corrected chi connectivity index (χ1v) is 8.60. The fourth-order valence-corrected chi connectivity index (χ4v) is 3.69. The molecule has 0 saturated carbocycles. The zero-order valence-electron chi connectivity index (χ0n) is 13.0. The highest BCUT2D eigenvalue weighted by Crippen LogP contribution is 2.43. The summed E-state index contributed by atoms with van der Waals surface area (Å²) in [5.74, 6) is -0.708. The van der Waals surface area contributed by atoms with Crippen LogP contribution in [0.2, 0.25) is 0 Å². The van der Waals surface area contributed by atoms with Gasteiger partial charge in [0.05, 0.1) is 12.9 Å². The van der Waals surface area contributed by atoms with E-state index in [-0.39, 0.29) is 18.8 Å². The van der Waals surface area contributed by atoms with Crippen LogP contribution in [0.5, 0.6) is 0 Å². The van der Waals surface area contributed by atoms with E-state index >= 15 is 0 Å². The second-order valence-corrected chi connectivity index (χ2v) is 6.81. The molecule has 4 atom stereocenters. The van der Waals surface area contributed by atoms with Crippen molar-refractivity contribution in [2.24, 2.45) is 0 Å². The molecule has 0 spiro atoms. The third-order valence-electron chi connectivity index (χ3n) is 4.10. The molecule has 23 heavy (non-hydrogen) atoms. The molecule has 2 aromatic heterocycles. The molecule has 2 saturated heterocycles. The van der Waals surface area contributed by atoms with E-state index in [4.69, 9.17) is 14.2 Å². The number of imidazole rings is 1. The molecule has 124 valence electrons. The number of hydrogen-bond acceptors (Lipinski definition) is 8. The van der Waals surface area contributed by atoms with Crippen LogP contribution in [-0.4, -0.2) is 61.6 Å². The van der Waals surface area contributed by atoms with E-state index in [1.54, 1.807) is 6.33 Å². The molecule has 0 amide bonds. The molecular weight excluding hydrogens is 320 g/mol. The summed E-state index contributed by atoms with van der Waals surface area (Å²) in [6.45, 7) is 3.59. The predicted molar refractivity (Wildman–Crippen MR) is 81.9 cm³/mol. The number of hydrogen-bond donors (Lipinski definition) is 1. The van der Waals surface area contributed by atoms with Crippen molar-refractivity contribution in [1.82, 2.24) is 19.5 Å². The van der Waals surface area contributed by atoms with Gasteiger partial charge in [0.2, 0.25) is 0 Å². The van der Waals surface area contributed by atoms with Crippen LogP contribution in [0.15, 0.2) is 17.7 Å². The molecule has 0 aliphatic carbocycles. The van der Waals surface area contributed by atoms with Gasteiger partial charge in [-0.25, -0.2) is 15.0 Å². The molecule has 2 fully saturated rings. The monoisotopic (exact) mass is 338 g/mol. The summed E-state index contributed by atoms with van der Waals surface area (Å²) in [7, 11) is 0. The lowest BCUT2D eigenvalue weighted by Gasteiger charge is -2.24. The lowest BCUT2D eigenvalue weighted by molar-refractivity contribution is -0.199. The number of fused-ring (bicyclic) bond motifs is 2. The summed E-state index contributed by atoms with van der Waals surface area (Å²) in [4.78, 5) is 13.0. The largest absolute Gasteiger partial charge is 0.394 e. The van der Waals surface area contributed by atoms with Crippen LogP contribution in [0.3, 0.4) is 0 Å². The van der Waals surface area contributed by atoms with Crippen molar-refractivity contribution in [3.63, 3.8) is 0 Å². The number of aliphatic hydroxyl groups excluding tert-OH is 1. The van der Waals surface area contributed by atoms with Crippen molar-refractivity contribution >= 4 is 22.9 Å². The first kappa shape index (κ1) is 15.3. The molecule has 0 bridgehead atoms. The number of thioether (sulfide) groups is 1. The average molecular weight is 338 g/mol. The van der Waals surface area contributed by atoms with Gasteiger partial charge in [0.25, 0.3) is 0 Å². The number of aliphatic hydroxyl groups is 1. The molecule has 0 radical (unpaired) electrons. The normalized spacial score (nSPS) is 32.5. The van der Waals surface area contributed by atoms with Crippen LogP contribution in [-0.2, 0) is 14.2 Å². The summed E-state index contributed by atoms with van der Waals surface area (Å²) in [6.07, 6.45) is 3.60. The maximum atomic E-state index is 9.58. The fraction of sp³-hybridized carbons (Fsp3) is 0.643. The molecule has 2 aliphatic heterocycles. The maximum Gasteiger partial charge on any atom is 0.166 e. The summed E-state index contributed by atoms with van der Waals surface area (Å²) in [5, 5.41) is 10.4. The second kappa shape index (κ2) is 5.38. The standard InChI is InChI=1S/C14H18N4O4S/c1-14(2)21-9-7(4-19)20-13(10(9)22-14)18-6-17-8-11(18)15-5-16-12(8)23-3/h5-7,9-10,13,19H,4H2,1-3H3/t7-,9?,10+,13-/m1/s1. The highest BCUT2D eigenvalue weighted by atomic mass is 32.2. The van der Waals surface area contributed by atoms with E-state index in [0.29, 0.717) is 5.65 Å². The molecule has 4 heterocycles. The van der Waals surface area contributed by atoms with Crippen LogP contribution in [0.4, 0.5) is 0 Å². The van der Waals surface area contributed by atoms with Gasteiger partial charge in [0.15, 0.2) is 17.7 Å². The number of rotatable bonds is 3. The molecule has 8 nitrogen and oxygen atoms in total. The Kier molecular flexibility index (Phi) is 3.58. The van der Waals surface area contributed by atoms with Gasteiger partial charge in [-0.05, 0) is 20.1 Å².